The molecule has 41 heavy (non-hydrogen) atoms. The lowest BCUT2D eigenvalue weighted by atomic mass is 10.0. The van der Waals surface area contributed by atoms with Gasteiger partial charge in [-0.1, -0.05) is 12.1 Å². The van der Waals surface area contributed by atoms with Crippen molar-refractivity contribution in [3.05, 3.63) is 59.2 Å². The number of rotatable bonds is 13. The number of nitrogens with zero attached hydrogens (tertiary/aromatic N) is 2. The summed E-state index contributed by atoms with van der Waals surface area (Å²) in [7, 11) is 4.81. The molecular weight excluding hydrogens is 539 g/mol. The standard InChI is InChI=1S/C29H40F3N5O4/c1-20(19-40-3)34-17-22-15-23(29(30,31)32)7-10-26(22)36-11-13-37(14-12-36)28(39)16-25(35-27(38)18-33-2)21-5-8-24(41-4)9-6-21/h5-10,15,20,25,33-34H,11-14,16-19H2,1-4H3,(H,35,38). The lowest BCUT2D eigenvalue weighted by Crippen LogP contribution is -2.50. The number of nitrogens with one attached hydrogen (secondary N) is 3. The second-order valence-corrected chi connectivity index (χ2v) is 10.1. The highest BCUT2D eigenvalue weighted by Gasteiger charge is 2.32. The topological polar surface area (TPSA) is 95.2 Å². The maximum Gasteiger partial charge on any atom is 0.416 e. The number of likely N-dealkylation sites (N-methyl/N-ethyl adjacent to an activating group) is 1. The molecule has 3 rings (SSSR count). The van der Waals surface area contributed by atoms with Crippen LogP contribution >= 0.6 is 0 Å². The molecule has 1 aliphatic rings. The van der Waals surface area contributed by atoms with Gasteiger partial charge in [-0.25, -0.2) is 0 Å². The number of methoxy groups -OCH3 is 2. The van der Waals surface area contributed by atoms with Gasteiger partial charge in [0.1, 0.15) is 5.75 Å². The van der Waals surface area contributed by atoms with Crippen LogP contribution in [0.15, 0.2) is 42.5 Å². The number of hydrogen-bond acceptors (Lipinski definition) is 7. The van der Waals surface area contributed by atoms with E-state index in [9.17, 15) is 22.8 Å². The minimum Gasteiger partial charge on any atom is -0.497 e. The molecule has 1 fully saturated rings. The van der Waals surface area contributed by atoms with E-state index in [4.69, 9.17) is 9.47 Å². The Balaban J connectivity index is 1.70. The number of piperazine rings is 1. The van der Waals surface area contributed by atoms with Gasteiger partial charge in [0.15, 0.2) is 0 Å². The zero-order valence-corrected chi connectivity index (χ0v) is 24.0. The van der Waals surface area contributed by atoms with Gasteiger partial charge in [0, 0.05) is 51.6 Å². The maximum atomic E-state index is 13.5. The van der Waals surface area contributed by atoms with Gasteiger partial charge in [0.25, 0.3) is 0 Å². The van der Waals surface area contributed by atoms with Crippen LogP contribution in [0.5, 0.6) is 5.75 Å². The number of ether oxygens (including phenoxy) is 2. The number of hydrogen-bond donors (Lipinski definition) is 3. The predicted molar refractivity (Wildman–Crippen MR) is 151 cm³/mol. The Morgan fingerprint density at radius 1 is 1.02 bits per heavy atom. The molecule has 12 heteroatoms. The van der Waals surface area contributed by atoms with E-state index in [1.54, 1.807) is 38.3 Å². The molecule has 0 aliphatic carbocycles. The van der Waals surface area contributed by atoms with Crippen LogP contribution in [-0.4, -0.2) is 83.4 Å². The van der Waals surface area contributed by atoms with Crippen molar-refractivity contribution < 1.29 is 32.2 Å². The first-order chi connectivity index (χ1) is 19.5. The van der Waals surface area contributed by atoms with Crippen LogP contribution in [0.1, 0.15) is 36.1 Å². The molecule has 2 aromatic rings. The fraction of sp³-hybridized carbons (Fsp3) is 0.517. The molecular formula is C29H40F3N5O4. The van der Waals surface area contributed by atoms with Crippen LogP contribution in [0.3, 0.4) is 0 Å². The van der Waals surface area contributed by atoms with Crippen LogP contribution in [0, 0.1) is 0 Å². The van der Waals surface area contributed by atoms with Crippen molar-refractivity contribution in [3.63, 3.8) is 0 Å². The molecule has 1 heterocycles. The Morgan fingerprint density at radius 3 is 2.29 bits per heavy atom. The van der Waals surface area contributed by atoms with Crippen molar-refractivity contribution >= 4 is 17.5 Å². The highest BCUT2D eigenvalue weighted by Crippen LogP contribution is 2.33. The van der Waals surface area contributed by atoms with Gasteiger partial charge in [0.2, 0.25) is 11.8 Å². The minimum absolute atomic E-state index is 0.0379. The number of alkyl halides is 3. The average molecular weight is 580 g/mol. The lowest BCUT2D eigenvalue weighted by molar-refractivity contribution is -0.137. The molecule has 0 aromatic heterocycles. The van der Waals surface area contributed by atoms with Crippen molar-refractivity contribution in [2.24, 2.45) is 0 Å². The highest BCUT2D eigenvalue weighted by atomic mass is 19.4. The van der Waals surface area contributed by atoms with Crippen molar-refractivity contribution in [1.29, 1.82) is 0 Å². The van der Waals surface area contributed by atoms with E-state index in [2.05, 4.69) is 16.0 Å². The van der Waals surface area contributed by atoms with Crippen molar-refractivity contribution in [3.8, 4) is 5.75 Å². The first-order valence-electron chi connectivity index (χ1n) is 13.6. The number of halogens is 3. The van der Waals surface area contributed by atoms with Crippen LogP contribution in [0.4, 0.5) is 18.9 Å². The number of carbonyl (C=O) groups is 2. The second-order valence-electron chi connectivity index (χ2n) is 10.1. The summed E-state index contributed by atoms with van der Waals surface area (Å²) >= 11 is 0. The predicted octanol–water partition coefficient (Wildman–Crippen LogP) is 2.95. The Bertz CT molecular complexity index is 1140. The zero-order valence-electron chi connectivity index (χ0n) is 24.0. The van der Waals surface area contributed by atoms with E-state index in [1.165, 1.54) is 12.1 Å². The van der Waals surface area contributed by atoms with Crippen molar-refractivity contribution in [2.45, 2.75) is 38.1 Å². The summed E-state index contributed by atoms with van der Waals surface area (Å²) in [5, 5.41) is 8.96. The molecule has 9 nitrogen and oxygen atoms in total. The number of amides is 2. The van der Waals surface area contributed by atoms with Gasteiger partial charge in [0.05, 0.1) is 38.3 Å². The Morgan fingerprint density at radius 2 is 1.71 bits per heavy atom. The highest BCUT2D eigenvalue weighted by molar-refractivity contribution is 5.81. The van der Waals surface area contributed by atoms with E-state index in [-0.39, 0.29) is 37.4 Å². The molecule has 0 radical (unpaired) electrons. The van der Waals surface area contributed by atoms with Crippen LogP contribution in [0.25, 0.3) is 0 Å². The molecule has 2 unspecified atom stereocenters. The summed E-state index contributed by atoms with van der Waals surface area (Å²) in [6, 6.07) is 10.4. The molecule has 2 atom stereocenters. The summed E-state index contributed by atoms with van der Waals surface area (Å²) in [6.45, 7) is 4.46. The summed E-state index contributed by atoms with van der Waals surface area (Å²) in [4.78, 5) is 29.4. The summed E-state index contributed by atoms with van der Waals surface area (Å²) in [5.41, 5.74) is 1.33. The van der Waals surface area contributed by atoms with E-state index in [0.717, 1.165) is 11.6 Å². The first kappa shape index (κ1) is 32.2. The maximum absolute atomic E-state index is 13.5. The van der Waals surface area contributed by atoms with E-state index in [0.29, 0.717) is 49.8 Å². The fourth-order valence-corrected chi connectivity index (χ4v) is 4.80. The van der Waals surface area contributed by atoms with Crippen molar-refractivity contribution in [1.82, 2.24) is 20.9 Å². The van der Waals surface area contributed by atoms with Crippen LogP contribution in [0.2, 0.25) is 0 Å². The van der Waals surface area contributed by atoms with Gasteiger partial charge in [-0.2, -0.15) is 13.2 Å². The molecule has 1 aliphatic heterocycles. The normalized spacial score (nSPS) is 15.4. The van der Waals surface area contributed by atoms with Gasteiger partial charge < -0.3 is 35.2 Å². The lowest BCUT2D eigenvalue weighted by Gasteiger charge is -2.38. The summed E-state index contributed by atoms with van der Waals surface area (Å²) < 4.78 is 50.7. The number of carbonyl (C=O) groups excluding carboxylic acids is 2. The van der Waals surface area contributed by atoms with Gasteiger partial charge in [-0.15, -0.1) is 0 Å². The first-order valence-corrected chi connectivity index (χ1v) is 13.6. The molecule has 0 bridgehead atoms. The minimum atomic E-state index is -4.44. The second kappa shape index (κ2) is 15.0. The third-order valence-electron chi connectivity index (χ3n) is 7.01. The van der Waals surface area contributed by atoms with Gasteiger partial charge >= 0.3 is 6.18 Å². The summed E-state index contributed by atoms with van der Waals surface area (Å²) in [5.74, 6) is 0.328. The van der Waals surface area contributed by atoms with Crippen LogP contribution < -0.4 is 25.6 Å². The van der Waals surface area contributed by atoms with E-state index >= 15 is 0 Å². The Hall–Kier alpha value is -3.35. The Kier molecular flexibility index (Phi) is 11.8. The monoisotopic (exact) mass is 579 g/mol. The molecule has 0 spiro atoms. The van der Waals surface area contributed by atoms with E-state index in [1.807, 2.05) is 24.0 Å². The molecule has 0 saturated carbocycles. The number of anilines is 1. The third-order valence-corrected chi connectivity index (χ3v) is 7.01. The molecule has 226 valence electrons. The smallest absolute Gasteiger partial charge is 0.416 e. The van der Waals surface area contributed by atoms with Gasteiger partial charge in [-0.3, -0.25) is 9.59 Å². The zero-order chi connectivity index (χ0) is 30.0. The molecule has 2 aromatic carbocycles. The molecule has 3 N–H and O–H groups in total. The summed E-state index contributed by atoms with van der Waals surface area (Å²) in [6.07, 6.45) is -4.37. The largest absolute Gasteiger partial charge is 0.497 e. The van der Waals surface area contributed by atoms with E-state index < -0.39 is 17.8 Å². The molecule has 1 saturated heterocycles. The van der Waals surface area contributed by atoms with Gasteiger partial charge in [-0.05, 0) is 55.4 Å². The van der Waals surface area contributed by atoms with Crippen LogP contribution in [-0.2, 0) is 27.0 Å². The quantitative estimate of drug-likeness (QED) is 0.336. The Labute approximate surface area is 239 Å². The fourth-order valence-electron chi connectivity index (χ4n) is 4.80. The number of benzene rings is 2. The molecule has 2 amide bonds. The average Bonchev–Trinajstić information content (AvgIpc) is 2.95. The van der Waals surface area contributed by atoms with Crippen molar-refractivity contribution in [2.75, 3.05) is 65.5 Å². The third kappa shape index (κ3) is 9.34. The SMILES string of the molecule is CNCC(=O)NC(CC(=O)N1CCN(c2ccc(C(F)(F)F)cc2CNC(C)COC)CC1)c1ccc(OC)cc1.